The van der Waals surface area contributed by atoms with Crippen LogP contribution >= 0.6 is 0 Å². The molecule has 0 heterocycles. The molecular weight excluding hydrogens is 158 g/mol. The molecule has 2 aliphatic carbocycles. The monoisotopic (exact) mass is 181 g/mol. The molecule has 0 aromatic heterocycles. The average Bonchev–Trinajstić information content (AvgIpc) is 2.01. The van der Waals surface area contributed by atoms with Crippen LogP contribution in [0.25, 0.3) is 0 Å². The van der Waals surface area contributed by atoms with Crippen molar-refractivity contribution >= 4 is 0 Å². The number of rotatable bonds is 2. The molecule has 0 aliphatic heterocycles. The summed E-state index contributed by atoms with van der Waals surface area (Å²) < 4.78 is 0. The summed E-state index contributed by atoms with van der Waals surface area (Å²) in [6.45, 7) is 2.41. The van der Waals surface area contributed by atoms with Crippen LogP contribution in [0.3, 0.4) is 0 Å². The quantitative estimate of drug-likeness (QED) is 0.696. The zero-order chi connectivity index (χ0) is 9.26. The first-order valence-electron chi connectivity index (χ1n) is 6.04. The van der Waals surface area contributed by atoms with E-state index in [1.165, 1.54) is 44.9 Å². The van der Waals surface area contributed by atoms with Gasteiger partial charge in [0, 0.05) is 6.04 Å². The Morgan fingerprint density at radius 2 is 1.69 bits per heavy atom. The summed E-state index contributed by atoms with van der Waals surface area (Å²) in [5, 5.41) is 0. The van der Waals surface area contributed by atoms with Gasteiger partial charge in [0.15, 0.2) is 0 Å². The molecule has 0 bridgehead atoms. The first kappa shape index (κ1) is 9.51. The summed E-state index contributed by atoms with van der Waals surface area (Å²) in [4.78, 5) is 0. The topological polar surface area (TPSA) is 26.0 Å². The summed E-state index contributed by atoms with van der Waals surface area (Å²) in [6.07, 6.45) is 9.93. The van der Waals surface area contributed by atoms with Gasteiger partial charge in [-0.3, -0.25) is 0 Å². The smallest absolute Gasteiger partial charge is 0.00981 e. The molecule has 0 amide bonds. The molecule has 2 saturated carbocycles. The molecule has 3 atom stereocenters. The van der Waals surface area contributed by atoms with Crippen LogP contribution < -0.4 is 5.73 Å². The van der Waals surface area contributed by atoms with Crippen molar-refractivity contribution in [3.63, 3.8) is 0 Å². The second-order valence-electron chi connectivity index (χ2n) is 5.19. The van der Waals surface area contributed by atoms with E-state index in [4.69, 9.17) is 5.73 Å². The van der Waals surface area contributed by atoms with Gasteiger partial charge in [-0.25, -0.2) is 0 Å². The highest BCUT2D eigenvalue weighted by Gasteiger charge is 2.34. The molecule has 3 unspecified atom stereocenters. The molecule has 0 spiro atoms. The van der Waals surface area contributed by atoms with Crippen molar-refractivity contribution in [2.75, 3.05) is 0 Å². The first-order chi connectivity index (χ1) is 6.29. The highest BCUT2D eigenvalue weighted by Crippen LogP contribution is 2.39. The van der Waals surface area contributed by atoms with Gasteiger partial charge in [-0.15, -0.1) is 0 Å². The molecule has 0 aromatic rings. The van der Waals surface area contributed by atoms with Crippen molar-refractivity contribution in [2.45, 2.75) is 57.9 Å². The van der Waals surface area contributed by atoms with Gasteiger partial charge >= 0.3 is 0 Å². The summed E-state index contributed by atoms with van der Waals surface area (Å²) in [7, 11) is 0. The van der Waals surface area contributed by atoms with Crippen LogP contribution in [0, 0.1) is 17.8 Å². The standard InChI is InChI=1S/C12H23N/c1-9-5-2-3-8-11(9)12(13)10-6-4-7-10/h9-12H,2-8,13H2,1H3. The minimum absolute atomic E-state index is 0.532. The van der Waals surface area contributed by atoms with Crippen LogP contribution in [0.2, 0.25) is 0 Å². The third kappa shape index (κ3) is 1.90. The predicted octanol–water partition coefficient (Wildman–Crippen LogP) is 2.94. The highest BCUT2D eigenvalue weighted by molar-refractivity contribution is 4.88. The van der Waals surface area contributed by atoms with Crippen molar-refractivity contribution in [3.8, 4) is 0 Å². The fourth-order valence-corrected chi connectivity index (χ4v) is 3.09. The predicted molar refractivity (Wildman–Crippen MR) is 56.4 cm³/mol. The van der Waals surface area contributed by atoms with Gasteiger partial charge in [0.25, 0.3) is 0 Å². The molecule has 2 fully saturated rings. The van der Waals surface area contributed by atoms with Crippen molar-refractivity contribution in [1.29, 1.82) is 0 Å². The molecule has 1 heteroatoms. The van der Waals surface area contributed by atoms with E-state index in [0.29, 0.717) is 6.04 Å². The first-order valence-corrected chi connectivity index (χ1v) is 6.04. The Kier molecular flexibility index (Phi) is 2.92. The maximum absolute atomic E-state index is 6.34. The highest BCUT2D eigenvalue weighted by atomic mass is 14.7. The van der Waals surface area contributed by atoms with Gasteiger partial charge in [-0.05, 0) is 37.0 Å². The Labute approximate surface area is 82.1 Å². The van der Waals surface area contributed by atoms with Gasteiger partial charge in [0.2, 0.25) is 0 Å². The van der Waals surface area contributed by atoms with E-state index in [-0.39, 0.29) is 0 Å². The van der Waals surface area contributed by atoms with Crippen molar-refractivity contribution in [2.24, 2.45) is 23.5 Å². The van der Waals surface area contributed by atoms with E-state index in [1.54, 1.807) is 0 Å². The lowest BCUT2D eigenvalue weighted by atomic mass is 9.68. The fourth-order valence-electron chi connectivity index (χ4n) is 3.09. The summed E-state index contributed by atoms with van der Waals surface area (Å²) in [6, 6.07) is 0.532. The summed E-state index contributed by atoms with van der Waals surface area (Å²) in [5.74, 6) is 2.62. The second kappa shape index (κ2) is 4.00. The van der Waals surface area contributed by atoms with Crippen LogP contribution in [0.1, 0.15) is 51.9 Å². The normalized spacial score (nSPS) is 38.3. The van der Waals surface area contributed by atoms with Gasteiger partial charge in [0.1, 0.15) is 0 Å². The van der Waals surface area contributed by atoms with Crippen LogP contribution in [0.15, 0.2) is 0 Å². The van der Waals surface area contributed by atoms with E-state index in [0.717, 1.165) is 17.8 Å². The zero-order valence-corrected chi connectivity index (χ0v) is 8.84. The summed E-state index contributed by atoms with van der Waals surface area (Å²) in [5.41, 5.74) is 6.34. The molecule has 0 saturated heterocycles. The third-order valence-corrected chi connectivity index (χ3v) is 4.37. The van der Waals surface area contributed by atoms with Gasteiger partial charge in [-0.1, -0.05) is 32.6 Å². The Hall–Kier alpha value is -0.0400. The van der Waals surface area contributed by atoms with Crippen LogP contribution in [0.4, 0.5) is 0 Å². The van der Waals surface area contributed by atoms with E-state index in [1.807, 2.05) is 0 Å². The molecule has 0 radical (unpaired) electrons. The average molecular weight is 181 g/mol. The van der Waals surface area contributed by atoms with Crippen LogP contribution in [-0.2, 0) is 0 Å². The fraction of sp³-hybridized carbons (Fsp3) is 1.00. The zero-order valence-electron chi connectivity index (χ0n) is 8.84. The third-order valence-electron chi connectivity index (χ3n) is 4.37. The molecule has 2 rings (SSSR count). The van der Waals surface area contributed by atoms with Gasteiger partial charge in [0.05, 0.1) is 0 Å². The molecule has 2 N–H and O–H groups in total. The minimum atomic E-state index is 0.532. The molecule has 0 aromatic carbocycles. The second-order valence-corrected chi connectivity index (χ2v) is 5.19. The molecule has 76 valence electrons. The van der Waals surface area contributed by atoms with Gasteiger partial charge < -0.3 is 5.73 Å². The molecule has 2 aliphatic rings. The van der Waals surface area contributed by atoms with E-state index in [2.05, 4.69) is 6.92 Å². The molecular formula is C12H23N. The minimum Gasteiger partial charge on any atom is -0.327 e. The Balaban J connectivity index is 1.88. The molecule has 1 nitrogen and oxygen atoms in total. The number of nitrogens with two attached hydrogens (primary N) is 1. The Morgan fingerprint density at radius 3 is 2.23 bits per heavy atom. The van der Waals surface area contributed by atoms with Crippen molar-refractivity contribution in [1.82, 2.24) is 0 Å². The number of hydrogen-bond donors (Lipinski definition) is 1. The maximum atomic E-state index is 6.34. The van der Waals surface area contributed by atoms with Crippen molar-refractivity contribution < 1.29 is 0 Å². The van der Waals surface area contributed by atoms with E-state index >= 15 is 0 Å². The van der Waals surface area contributed by atoms with E-state index < -0.39 is 0 Å². The maximum Gasteiger partial charge on any atom is 0.00981 e. The van der Waals surface area contributed by atoms with Crippen molar-refractivity contribution in [3.05, 3.63) is 0 Å². The van der Waals surface area contributed by atoms with Crippen LogP contribution in [0.5, 0.6) is 0 Å². The molecule has 13 heavy (non-hydrogen) atoms. The largest absolute Gasteiger partial charge is 0.327 e. The van der Waals surface area contributed by atoms with Gasteiger partial charge in [-0.2, -0.15) is 0 Å². The summed E-state index contributed by atoms with van der Waals surface area (Å²) >= 11 is 0. The number of hydrogen-bond acceptors (Lipinski definition) is 1. The SMILES string of the molecule is CC1CCCCC1C(N)C1CCC1. The Bertz CT molecular complexity index is 163. The lowest BCUT2D eigenvalue weighted by Crippen LogP contribution is -2.44. The Morgan fingerprint density at radius 1 is 1.00 bits per heavy atom. The lowest BCUT2D eigenvalue weighted by Gasteiger charge is -2.41. The van der Waals surface area contributed by atoms with E-state index in [9.17, 15) is 0 Å². The van der Waals surface area contributed by atoms with Crippen LogP contribution in [-0.4, -0.2) is 6.04 Å². The lowest BCUT2D eigenvalue weighted by molar-refractivity contribution is 0.136.